The van der Waals surface area contributed by atoms with Gasteiger partial charge in [-0.05, 0) is 43.3 Å². The SMILES string of the molecule is COc1ccc(OCC(=O)N/N=C(\C)CC(=O)NCc2ccco2)cc1. The Morgan fingerprint density at radius 2 is 1.85 bits per heavy atom. The summed E-state index contributed by atoms with van der Waals surface area (Å²) in [5.41, 5.74) is 2.82. The number of rotatable bonds is 9. The first kappa shape index (κ1) is 19.0. The molecule has 2 amide bonds. The number of amides is 2. The first-order chi connectivity index (χ1) is 12.6. The summed E-state index contributed by atoms with van der Waals surface area (Å²) in [6, 6.07) is 10.4. The number of carbonyl (C=O) groups is 2. The zero-order chi connectivity index (χ0) is 18.8. The lowest BCUT2D eigenvalue weighted by atomic mass is 10.3. The molecule has 0 aliphatic heterocycles. The first-order valence-corrected chi connectivity index (χ1v) is 7.94. The highest BCUT2D eigenvalue weighted by Gasteiger charge is 2.06. The van der Waals surface area contributed by atoms with Crippen LogP contribution < -0.4 is 20.2 Å². The Hall–Kier alpha value is -3.29. The van der Waals surface area contributed by atoms with Crippen LogP contribution in [0.5, 0.6) is 11.5 Å². The Morgan fingerprint density at radius 1 is 1.12 bits per heavy atom. The number of carbonyl (C=O) groups excluding carboxylic acids is 2. The molecule has 2 N–H and O–H groups in total. The van der Waals surface area contributed by atoms with Crippen molar-refractivity contribution < 1.29 is 23.5 Å². The Morgan fingerprint density at radius 3 is 2.50 bits per heavy atom. The lowest BCUT2D eigenvalue weighted by Gasteiger charge is -2.07. The summed E-state index contributed by atoms with van der Waals surface area (Å²) in [5.74, 6) is 1.27. The molecule has 0 saturated heterocycles. The number of nitrogens with zero attached hydrogens (tertiary/aromatic N) is 1. The van der Waals surface area contributed by atoms with E-state index in [1.54, 1.807) is 50.4 Å². The van der Waals surface area contributed by atoms with Crippen molar-refractivity contribution in [2.45, 2.75) is 19.9 Å². The molecule has 0 atom stereocenters. The molecule has 1 aromatic heterocycles. The highest BCUT2D eigenvalue weighted by Crippen LogP contribution is 2.16. The fraction of sp³-hybridized carbons (Fsp3) is 0.278. The van der Waals surface area contributed by atoms with Crippen molar-refractivity contribution in [2.75, 3.05) is 13.7 Å². The van der Waals surface area contributed by atoms with Gasteiger partial charge in [0.25, 0.3) is 5.91 Å². The maximum Gasteiger partial charge on any atom is 0.277 e. The molecule has 2 aromatic rings. The molecule has 0 bridgehead atoms. The minimum absolute atomic E-state index is 0.0698. The van der Waals surface area contributed by atoms with E-state index in [9.17, 15) is 9.59 Å². The van der Waals surface area contributed by atoms with Crippen molar-refractivity contribution in [1.82, 2.24) is 10.7 Å². The summed E-state index contributed by atoms with van der Waals surface area (Å²) in [4.78, 5) is 23.5. The van der Waals surface area contributed by atoms with Crippen LogP contribution in [0.4, 0.5) is 0 Å². The van der Waals surface area contributed by atoms with Crippen molar-refractivity contribution in [1.29, 1.82) is 0 Å². The zero-order valence-electron chi connectivity index (χ0n) is 14.7. The lowest BCUT2D eigenvalue weighted by molar-refractivity contribution is -0.123. The number of methoxy groups -OCH3 is 1. The van der Waals surface area contributed by atoms with Crippen molar-refractivity contribution in [2.24, 2.45) is 5.10 Å². The van der Waals surface area contributed by atoms with E-state index >= 15 is 0 Å². The maximum absolute atomic E-state index is 11.8. The molecule has 1 aromatic carbocycles. The van der Waals surface area contributed by atoms with Crippen LogP contribution in [0, 0.1) is 0 Å². The highest BCUT2D eigenvalue weighted by molar-refractivity contribution is 6.00. The summed E-state index contributed by atoms with van der Waals surface area (Å²) >= 11 is 0. The van der Waals surface area contributed by atoms with Crippen molar-refractivity contribution in [3.8, 4) is 11.5 Å². The Balaban J connectivity index is 1.67. The molecule has 0 saturated carbocycles. The van der Waals surface area contributed by atoms with Crippen LogP contribution in [0.25, 0.3) is 0 Å². The summed E-state index contributed by atoms with van der Waals surface area (Å²) in [5, 5.41) is 6.58. The van der Waals surface area contributed by atoms with Crippen LogP contribution in [0.1, 0.15) is 19.1 Å². The molecule has 0 unspecified atom stereocenters. The number of nitrogens with one attached hydrogen (secondary N) is 2. The molecule has 8 heteroatoms. The quantitative estimate of drug-likeness (QED) is 0.526. The fourth-order valence-corrected chi connectivity index (χ4v) is 1.94. The third-order valence-electron chi connectivity index (χ3n) is 3.26. The van der Waals surface area contributed by atoms with E-state index in [4.69, 9.17) is 13.9 Å². The normalized spacial score (nSPS) is 10.9. The van der Waals surface area contributed by atoms with Crippen LogP contribution >= 0.6 is 0 Å². The van der Waals surface area contributed by atoms with Crippen LogP contribution in [0.15, 0.2) is 52.2 Å². The average Bonchev–Trinajstić information content (AvgIpc) is 3.17. The van der Waals surface area contributed by atoms with E-state index in [0.717, 1.165) is 0 Å². The van der Waals surface area contributed by atoms with Gasteiger partial charge < -0.3 is 19.2 Å². The van der Waals surface area contributed by atoms with Gasteiger partial charge in [-0.3, -0.25) is 9.59 Å². The summed E-state index contributed by atoms with van der Waals surface area (Å²) in [7, 11) is 1.57. The van der Waals surface area contributed by atoms with Crippen LogP contribution in [0.2, 0.25) is 0 Å². The minimum atomic E-state index is -0.420. The van der Waals surface area contributed by atoms with E-state index in [0.29, 0.717) is 29.5 Å². The van der Waals surface area contributed by atoms with Crippen LogP contribution in [0.3, 0.4) is 0 Å². The van der Waals surface area contributed by atoms with Gasteiger partial charge in [0.15, 0.2) is 6.61 Å². The van der Waals surface area contributed by atoms with Gasteiger partial charge >= 0.3 is 0 Å². The van der Waals surface area contributed by atoms with E-state index < -0.39 is 5.91 Å². The minimum Gasteiger partial charge on any atom is -0.497 e. The highest BCUT2D eigenvalue weighted by atomic mass is 16.5. The van der Waals surface area contributed by atoms with Crippen molar-refractivity contribution >= 4 is 17.5 Å². The lowest BCUT2D eigenvalue weighted by Crippen LogP contribution is -2.28. The second-order valence-electron chi connectivity index (χ2n) is 5.38. The Kier molecular flexibility index (Phi) is 7.23. The molecule has 2 rings (SSSR count). The molecule has 138 valence electrons. The van der Waals surface area contributed by atoms with E-state index in [2.05, 4.69) is 15.8 Å². The molecule has 0 aliphatic carbocycles. The van der Waals surface area contributed by atoms with Gasteiger partial charge in [-0.15, -0.1) is 0 Å². The number of hydrazone groups is 1. The van der Waals surface area contributed by atoms with Crippen LogP contribution in [-0.2, 0) is 16.1 Å². The Bertz CT molecular complexity index is 739. The monoisotopic (exact) mass is 359 g/mol. The van der Waals surface area contributed by atoms with Gasteiger partial charge in [0.2, 0.25) is 5.91 Å². The van der Waals surface area contributed by atoms with Gasteiger partial charge in [-0.2, -0.15) is 5.10 Å². The second-order valence-corrected chi connectivity index (χ2v) is 5.38. The van der Waals surface area contributed by atoms with Crippen molar-refractivity contribution in [3.63, 3.8) is 0 Å². The average molecular weight is 359 g/mol. The van der Waals surface area contributed by atoms with Gasteiger partial charge in [0, 0.05) is 5.71 Å². The van der Waals surface area contributed by atoms with Gasteiger partial charge in [-0.1, -0.05) is 0 Å². The van der Waals surface area contributed by atoms with Crippen molar-refractivity contribution in [3.05, 3.63) is 48.4 Å². The predicted octanol–water partition coefficient (Wildman–Crippen LogP) is 1.87. The van der Waals surface area contributed by atoms with Crippen LogP contribution in [-0.4, -0.2) is 31.2 Å². The standard InChI is InChI=1S/C18H21N3O5/c1-13(10-17(22)19-11-16-4-3-9-25-16)20-21-18(23)12-26-15-7-5-14(24-2)6-8-15/h3-9H,10-12H2,1-2H3,(H,19,22)(H,21,23)/b20-13+. The zero-order valence-corrected chi connectivity index (χ0v) is 14.7. The fourth-order valence-electron chi connectivity index (χ4n) is 1.94. The van der Waals surface area contributed by atoms with Gasteiger partial charge in [0.1, 0.15) is 17.3 Å². The third kappa shape index (κ3) is 6.68. The largest absolute Gasteiger partial charge is 0.497 e. The number of benzene rings is 1. The molecule has 0 spiro atoms. The molecule has 8 nitrogen and oxygen atoms in total. The number of ether oxygens (including phenoxy) is 2. The number of hydrogen-bond donors (Lipinski definition) is 2. The summed E-state index contributed by atoms with van der Waals surface area (Å²) in [6.45, 7) is 1.77. The number of hydrogen-bond acceptors (Lipinski definition) is 6. The molecule has 1 heterocycles. The molecule has 26 heavy (non-hydrogen) atoms. The summed E-state index contributed by atoms with van der Waals surface area (Å²) < 4.78 is 15.5. The smallest absolute Gasteiger partial charge is 0.277 e. The Labute approximate surface area is 151 Å². The van der Waals surface area contributed by atoms with Gasteiger partial charge in [-0.25, -0.2) is 5.43 Å². The van der Waals surface area contributed by atoms with E-state index in [-0.39, 0.29) is 18.9 Å². The van der Waals surface area contributed by atoms with Gasteiger partial charge in [0.05, 0.1) is 26.3 Å². The molecular formula is C18H21N3O5. The van der Waals surface area contributed by atoms with E-state index in [1.165, 1.54) is 6.26 Å². The molecule has 0 aliphatic rings. The molecule has 0 radical (unpaired) electrons. The predicted molar refractivity (Wildman–Crippen MR) is 94.9 cm³/mol. The molecule has 0 fully saturated rings. The molecular weight excluding hydrogens is 338 g/mol. The maximum atomic E-state index is 11.8. The number of furan rings is 1. The summed E-state index contributed by atoms with van der Waals surface area (Å²) in [6.07, 6.45) is 1.61. The topological polar surface area (TPSA) is 102 Å². The van der Waals surface area contributed by atoms with E-state index in [1.807, 2.05) is 0 Å². The second kappa shape index (κ2) is 9.87. The first-order valence-electron chi connectivity index (χ1n) is 7.94. The third-order valence-corrected chi connectivity index (χ3v) is 3.26.